The Morgan fingerprint density at radius 2 is 1.89 bits per heavy atom. The zero-order valence-electron chi connectivity index (χ0n) is 10.6. The van der Waals surface area contributed by atoms with Gasteiger partial charge in [0, 0.05) is 37.8 Å². The van der Waals surface area contributed by atoms with Gasteiger partial charge in [0.2, 0.25) is 0 Å². The molecule has 104 valence electrons. The third-order valence-corrected chi connectivity index (χ3v) is 4.60. The monoisotopic (exact) mass is 330 g/mol. The fraction of sp³-hybridized carbons (Fsp3) is 0.571. The summed E-state index contributed by atoms with van der Waals surface area (Å²) in [4.78, 5) is 2.22. The van der Waals surface area contributed by atoms with E-state index in [1.54, 1.807) is 0 Å². The van der Waals surface area contributed by atoms with Crippen molar-refractivity contribution in [1.82, 2.24) is 10.2 Å². The lowest BCUT2D eigenvalue weighted by Crippen LogP contribution is -2.46. The molecule has 1 aromatic carbocycles. The molecule has 1 aliphatic heterocycles. The van der Waals surface area contributed by atoms with Gasteiger partial charge in [0.15, 0.2) is 0 Å². The standard InChI is InChI=1S/C14H17BrF2N2/c15-10-3-4-11(16)12(13(10)17)14(9-1-2-9)19-7-5-18-6-8-19/h3-4,9,14,18H,1-2,5-8H2/t14-/m0/s1. The summed E-state index contributed by atoms with van der Waals surface area (Å²) in [5.41, 5.74) is 0.249. The van der Waals surface area contributed by atoms with Crippen LogP contribution in [0.5, 0.6) is 0 Å². The number of halogens is 3. The largest absolute Gasteiger partial charge is 0.314 e. The minimum Gasteiger partial charge on any atom is -0.314 e. The van der Waals surface area contributed by atoms with E-state index < -0.39 is 11.6 Å². The van der Waals surface area contributed by atoms with Crippen molar-refractivity contribution in [2.24, 2.45) is 5.92 Å². The topological polar surface area (TPSA) is 15.3 Å². The summed E-state index contributed by atoms with van der Waals surface area (Å²) >= 11 is 3.17. The van der Waals surface area contributed by atoms with Gasteiger partial charge in [0.05, 0.1) is 4.47 Å². The van der Waals surface area contributed by atoms with Gasteiger partial charge in [-0.2, -0.15) is 0 Å². The van der Waals surface area contributed by atoms with Crippen molar-refractivity contribution < 1.29 is 8.78 Å². The third kappa shape index (κ3) is 2.69. The van der Waals surface area contributed by atoms with Crippen molar-refractivity contribution in [3.63, 3.8) is 0 Å². The molecule has 0 bridgehead atoms. The Labute approximate surface area is 120 Å². The summed E-state index contributed by atoms with van der Waals surface area (Å²) < 4.78 is 28.8. The second kappa shape index (κ2) is 5.46. The molecule has 0 amide bonds. The van der Waals surface area contributed by atoms with Crippen LogP contribution in [0.25, 0.3) is 0 Å². The number of nitrogens with one attached hydrogen (secondary N) is 1. The number of piperazine rings is 1. The predicted octanol–water partition coefficient (Wildman–Crippen LogP) is 3.08. The van der Waals surface area contributed by atoms with E-state index in [0.29, 0.717) is 10.4 Å². The van der Waals surface area contributed by atoms with Gasteiger partial charge in [-0.25, -0.2) is 8.78 Å². The average molecular weight is 331 g/mol. The van der Waals surface area contributed by atoms with Crippen LogP contribution in [0, 0.1) is 17.6 Å². The number of rotatable bonds is 3. The molecule has 1 aliphatic carbocycles. The fourth-order valence-corrected chi connectivity index (χ4v) is 3.25. The summed E-state index contributed by atoms with van der Waals surface area (Å²) in [6, 6.07) is 2.69. The van der Waals surface area contributed by atoms with Crippen LogP contribution >= 0.6 is 15.9 Å². The first-order valence-corrected chi connectivity index (χ1v) is 7.56. The Morgan fingerprint density at radius 1 is 1.21 bits per heavy atom. The maximum absolute atomic E-state index is 14.3. The SMILES string of the molecule is Fc1ccc(Br)c(F)c1[C@H](C1CC1)N1CCNCC1. The number of benzene rings is 1. The van der Waals surface area contributed by atoms with E-state index in [1.165, 1.54) is 12.1 Å². The van der Waals surface area contributed by atoms with Crippen LogP contribution in [0.2, 0.25) is 0 Å². The molecule has 0 aromatic heterocycles. The van der Waals surface area contributed by atoms with Crippen molar-refractivity contribution >= 4 is 15.9 Å². The molecule has 3 rings (SSSR count). The Kier molecular flexibility index (Phi) is 3.87. The highest BCUT2D eigenvalue weighted by atomic mass is 79.9. The molecular formula is C14H17BrF2N2. The fourth-order valence-electron chi connectivity index (χ4n) is 2.90. The van der Waals surface area contributed by atoms with Crippen molar-refractivity contribution in [3.05, 3.63) is 33.8 Å². The van der Waals surface area contributed by atoms with Crippen molar-refractivity contribution in [3.8, 4) is 0 Å². The molecule has 0 radical (unpaired) electrons. The zero-order valence-corrected chi connectivity index (χ0v) is 12.2. The number of hydrogen-bond acceptors (Lipinski definition) is 2. The lowest BCUT2D eigenvalue weighted by atomic mass is 9.98. The summed E-state index contributed by atoms with van der Waals surface area (Å²) in [6.07, 6.45) is 2.14. The molecule has 1 heterocycles. The van der Waals surface area contributed by atoms with E-state index in [9.17, 15) is 8.78 Å². The van der Waals surface area contributed by atoms with Crippen LogP contribution in [-0.4, -0.2) is 31.1 Å². The quantitative estimate of drug-likeness (QED) is 0.857. The molecule has 2 aliphatic rings. The van der Waals surface area contributed by atoms with E-state index in [1.807, 2.05) is 0 Å². The first kappa shape index (κ1) is 13.5. The maximum atomic E-state index is 14.3. The predicted molar refractivity (Wildman–Crippen MR) is 74.0 cm³/mol. The zero-order chi connectivity index (χ0) is 13.4. The summed E-state index contributed by atoms with van der Waals surface area (Å²) in [5, 5.41) is 3.28. The van der Waals surface area contributed by atoms with E-state index in [2.05, 4.69) is 26.1 Å². The maximum Gasteiger partial charge on any atom is 0.145 e. The van der Waals surface area contributed by atoms with E-state index in [-0.39, 0.29) is 11.6 Å². The number of nitrogens with zero attached hydrogens (tertiary/aromatic N) is 1. The lowest BCUT2D eigenvalue weighted by molar-refractivity contribution is 0.149. The molecular weight excluding hydrogens is 314 g/mol. The lowest BCUT2D eigenvalue weighted by Gasteiger charge is -2.35. The Morgan fingerprint density at radius 3 is 2.53 bits per heavy atom. The Bertz CT molecular complexity index is 471. The summed E-state index contributed by atoms with van der Waals surface area (Å²) in [7, 11) is 0. The highest BCUT2D eigenvalue weighted by molar-refractivity contribution is 9.10. The van der Waals surface area contributed by atoms with Gasteiger partial charge in [0.1, 0.15) is 11.6 Å². The van der Waals surface area contributed by atoms with E-state index in [0.717, 1.165) is 39.0 Å². The second-order valence-electron chi connectivity index (χ2n) is 5.33. The normalized spacial score (nSPS) is 22.5. The molecule has 0 unspecified atom stereocenters. The minimum atomic E-state index is -0.435. The average Bonchev–Trinajstić information content (AvgIpc) is 3.24. The van der Waals surface area contributed by atoms with Gasteiger partial charge in [-0.05, 0) is 46.8 Å². The van der Waals surface area contributed by atoms with Crippen LogP contribution in [0.3, 0.4) is 0 Å². The van der Waals surface area contributed by atoms with Crippen LogP contribution in [0.1, 0.15) is 24.4 Å². The van der Waals surface area contributed by atoms with Gasteiger partial charge in [-0.15, -0.1) is 0 Å². The molecule has 19 heavy (non-hydrogen) atoms. The second-order valence-corrected chi connectivity index (χ2v) is 6.18. The molecule has 1 aromatic rings. The smallest absolute Gasteiger partial charge is 0.145 e. The van der Waals surface area contributed by atoms with Crippen LogP contribution in [0.4, 0.5) is 8.78 Å². The Hall–Kier alpha value is -0.520. The molecule has 1 N–H and O–H groups in total. The summed E-state index contributed by atoms with van der Waals surface area (Å²) in [5.74, 6) is -0.456. The third-order valence-electron chi connectivity index (χ3n) is 3.99. The molecule has 2 nitrogen and oxygen atoms in total. The van der Waals surface area contributed by atoms with Gasteiger partial charge >= 0.3 is 0 Å². The van der Waals surface area contributed by atoms with Crippen LogP contribution in [0.15, 0.2) is 16.6 Å². The highest BCUT2D eigenvalue weighted by Gasteiger charge is 2.39. The van der Waals surface area contributed by atoms with E-state index in [4.69, 9.17) is 0 Å². The van der Waals surface area contributed by atoms with Gasteiger partial charge < -0.3 is 5.32 Å². The van der Waals surface area contributed by atoms with Crippen molar-refractivity contribution in [2.45, 2.75) is 18.9 Å². The highest BCUT2D eigenvalue weighted by Crippen LogP contribution is 2.46. The van der Waals surface area contributed by atoms with Crippen LogP contribution in [-0.2, 0) is 0 Å². The molecule has 1 atom stereocenters. The van der Waals surface area contributed by atoms with Crippen molar-refractivity contribution in [2.75, 3.05) is 26.2 Å². The minimum absolute atomic E-state index is 0.111. The first-order chi connectivity index (χ1) is 9.18. The summed E-state index contributed by atoms with van der Waals surface area (Å²) in [6.45, 7) is 3.49. The van der Waals surface area contributed by atoms with Gasteiger partial charge in [0.25, 0.3) is 0 Å². The van der Waals surface area contributed by atoms with Crippen LogP contribution < -0.4 is 5.32 Å². The van der Waals surface area contributed by atoms with Gasteiger partial charge in [-0.3, -0.25) is 4.90 Å². The van der Waals surface area contributed by atoms with E-state index >= 15 is 0 Å². The van der Waals surface area contributed by atoms with Gasteiger partial charge in [-0.1, -0.05) is 0 Å². The Balaban J connectivity index is 1.97. The molecule has 5 heteroatoms. The molecule has 1 saturated heterocycles. The number of hydrogen-bond donors (Lipinski definition) is 1. The molecule has 2 fully saturated rings. The molecule has 0 spiro atoms. The van der Waals surface area contributed by atoms with Crippen molar-refractivity contribution in [1.29, 1.82) is 0 Å². The first-order valence-electron chi connectivity index (χ1n) is 6.76. The molecule has 1 saturated carbocycles.